The van der Waals surface area contributed by atoms with Crippen LogP contribution in [0.3, 0.4) is 0 Å². The van der Waals surface area contributed by atoms with Crippen LogP contribution >= 0.6 is 0 Å². The topological polar surface area (TPSA) is 66.8 Å². The Labute approximate surface area is 60.4 Å². The molecule has 0 bridgehead atoms. The van der Waals surface area contributed by atoms with Gasteiger partial charge in [0.25, 0.3) is 0 Å². The lowest BCUT2D eigenvalue weighted by Gasteiger charge is -1.87. The molecule has 0 aliphatic heterocycles. The van der Waals surface area contributed by atoms with Crippen molar-refractivity contribution in [1.29, 1.82) is 0 Å². The largest absolute Gasteiger partial charge is 0.505 e. The van der Waals surface area contributed by atoms with Gasteiger partial charge in [0.05, 0.1) is 6.61 Å². The molecule has 0 saturated heterocycles. The average molecular weight is 150 g/mol. The summed E-state index contributed by atoms with van der Waals surface area (Å²) in [6.45, 7) is 5.30. The summed E-state index contributed by atoms with van der Waals surface area (Å²) >= 11 is 0. The van der Waals surface area contributed by atoms with Crippen molar-refractivity contribution in [3.8, 4) is 0 Å². The highest BCUT2D eigenvalue weighted by Crippen LogP contribution is 1.69. The van der Waals surface area contributed by atoms with E-state index in [9.17, 15) is 4.79 Å². The van der Waals surface area contributed by atoms with E-state index in [0.717, 1.165) is 0 Å². The van der Waals surface area contributed by atoms with Crippen molar-refractivity contribution in [2.75, 3.05) is 6.61 Å². The van der Waals surface area contributed by atoms with Gasteiger partial charge in [0.1, 0.15) is 0 Å². The first-order chi connectivity index (χ1) is 4.50. The van der Waals surface area contributed by atoms with E-state index in [1.54, 1.807) is 20.8 Å². The zero-order chi connectivity index (χ0) is 8.57. The third-order valence-corrected chi connectivity index (χ3v) is 0.268. The van der Waals surface area contributed by atoms with Crippen LogP contribution in [0.1, 0.15) is 20.8 Å². The summed E-state index contributed by atoms with van der Waals surface area (Å²) < 4.78 is 3.96. The van der Waals surface area contributed by atoms with Crippen LogP contribution in [0.15, 0.2) is 0 Å². The van der Waals surface area contributed by atoms with E-state index in [2.05, 4.69) is 4.74 Å². The van der Waals surface area contributed by atoms with Crippen LogP contribution in [0.2, 0.25) is 0 Å². The van der Waals surface area contributed by atoms with E-state index >= 15 is 0 Å². The van der Waals surface area contributed by atoms with E-state index in [1.807, 2.05) is 0 Å². The van der Waals surface area contributed by atoms with Crippen LogP contribution in [0.4, 0.5) is 4.79 Å². The van der Waals surface area contributed by atoms with Gasteiger partial charge < -0.3 is 14.9 Å². The third kappa shape index (κ3) is 56.4. The molecule has 0 aliphatic carbocycles. The summed E-state index contributed by atoms with van der Waals surface area (Å²) in [5, 5.41) is 15.7. The summed E-state index contributed by atoms with van der Waals surface area (Å²) in [5.41, 5.74) is 0. The smallest absolute Gasteiger partial charge is 0.450 e. The van der Waals surface area contributed by atoms with Gasteiger partial charge in [-0.05, 0) is 20.8 Å². The van der Waals surface area contributed by atoms with E-state index in [-0.39, 0.29) is 12.7 Å². The molecule has 0 spiro atoms. The van der Waals surface area contributed by atoms with Crippen LogP contribution in [0.25, 0.3) is 0 Å². The number of carbonyl (C=O) groups is 1. The molecule has 0 aromatic heterocycles. The van der Waals surface area contributed by atoms with Gasteiger partial charge in [-0.3, -0.25) is 0 Å². The number of carboxylic acid groups (broad SMARTS) is 1. The number of rotatable bonds is 1. The van der Waals surface area contributed by atoms with Crippen LogP contribution < -0.4 is 0 Å². The molecule has 4 heteroatoms. The first kappa shape index (κ1) is 12.0. The Morgan fingerprint density at radius 3 is 1.90 bits per heavy atom. The van der Waals surface area contributed by atoms with Crippen molar-refractivity contribution in [2.24, 2.45) is 0 Å². The summed E-state index contributed by atoms with van der Waals surface area (Å²) in [6, 6.07) is 0. The Morgan fingerprint density at radius 2 is 1.90 bits per heavy atom. The fraction of sp³-hybridized carbons (Fsp3) is 0.833. The normalized spacial score (nSPS) is 8.10. The molecular weight excluding hydrogens is 136 g/mol. The molecule has 0 fully saturated rings. The lowest BCUT2D eigenvalue weighted by Crippen LogP contribution is -1.97. The minimum absolute atomic E-state index is 0.167. The predicted octanol–water partition coefficient (Wildman–Crippen LogP) is 1.09. The third-order valence-electron chi connectivity index (χ3n) is 0.268. The maximum absolute atomic E-state index is 9.38. The summed E-state index contributed by atoms with van der Waals surface area (Å²) in [7, 11) is 0. The van der Waals surface area contributed by atoms with E-state index < -0.39 is 6.16 Å². The monoisotopic (exact) mass is 150 g/mol. The van der Waals surface area contributed by atoms with E-state index in [1.165, 1.54) is 0 Å². The minimum atomic E-state index is -1.21. The van der Waals surface area contributed by atoms with Gasteiger partial charge in [-0.1, -0.05) is 0 Å². The van der Waals surface area contributed by atoms with Crippen LogP contribution in [-0.2, 0) is 4.74 Å². The Hall–Kier alpha value is -0.770. The second-order valence-electron chi connectivity index (χ2n) is 1.79. The van der Waals surface area contributed by atoms with Crippen molar-refractivity contribution in [3.05, 3.63) is 0 Å². The number of hydrogen-bond donors (Lipinski definition) is 2. The van der Waals surface area contributed by atoms with Gasteiger partial charge >= 0.3 is 6.16 Å². The Bertz CT molecular complexity index is 77.1. The zero-order valence-electron chi connectivity index (χ0n) is 6.50. The Kier molecular flexibility index (Phi) is 9.84. The Morgan fingerprint density at radius 1 is 1.60 bits per heavy atom. The molecule has 0 atom stereocenters. The first-order valence-electron chi connectivity index (χ1n) is 3.04. The highest BCUT2D eigenvalue weighted by Gasteiger charge is 1.86. The SMILES string of the molecule is CC(C)O.CCOC(=O)O. The van der Waals surface area contributed by atoms with Crippen molar-refractivity contribution in [3.63, 3.8) is 0 Å². The molecule has 0 aromatic rings. The maximum Gasteiger partial charge on any atom is 0.505 e. The lowest BCUT2D eigenvalue weighted by molar-refractivity contribution is 0.0966. The molecule has 0 amide bonds. The molecule has 62 valence electrons. The highest BCUT2D eigenvalue weighted by molar-refractivity contribution is 5.56. The molecule has 10 heavy (non-hydrogen) atoms. The van der Waals surface area contributed by atoms with Gasteiger partial charge in [0.15, 0.2) is 0 Å². The van der Waals surface area contributed by atoms with Crippen molar-refractivity contribution in [2.45, 2.75) is 26.9 Å². The quantitative estimate of drug-likeness (QED) is 0.549. The fourth-order valence-corrected chi connectivity index (χ4v) is 0.123. The number of aliphatic hydroxyl groups excluding tert-OH is 1. The van der Waals surface area contributed by atoms with Gasteiger partial charge in [-0.25, -0.2) is 4.79 Å². The fourth-order valence-electron chi connectivity index (χ4n) is 0.123. The van der Waals surface area contributed by atoms with Crippen molar-refractivity contribution in [1.82, 2.24) is 0 Å². The number of hydrogen-bond acceptors (Lipinski definition) is 3. The Balaban J connectivity index is 0. The number of ether oxygens (including phenoxy) is 1. The molecule has 0 radical (unpaired) electrons. The summed E-state index contributed by atoms with van der Waals surface area (Å²) in [6.07, 6.45) is -1.38. The molecule has 0 aromatic carbocycles. The number of aliphatic hydroxyl groups is 1. The van der Waals surface area contributed by atoms with Crippen LogP contribution in [-0.4, -0.2) is 29.1 Å². The van der Waals surface area contributed by atoms with Gasteiger partial charge in [0, 0.05) is 6.10 Å². The second kappa shape index (κ2) is 8.23. The molecule has 0 saturated carbocycles. The van der Waals surface area contributed by atoms with Gasteiger partial charge in [0.2, 0.25) is 0 Å². The van der Waals surface area contributed by atoms with E-state index in [0.29, 0.717) is 0 Å². The summed E-state index contributed by atoms with van der Waals surface area (Å²) in [4.78, 5) is 9.38. The minimum Gasteiger partial charge on any atom is -0.450 e. The second-order valence-corrected chi connectivity index (χ2v) is 1.79. The van der Waals surface area contributed by atoms with Crippen LogP contribution in [0.5, 0.6) is 0 Å². The first-order valence-corrected chi connectivity index (χ1v) is 3.04. The molecule has 0 rings (SSSR count). The standard InChI is InChI=1S/C3H6O3.C3H8O/c1-2-6-3(4)5;1-3(2)4/h2H2,1H3,(H,4,5);3-4H,1-2H3. The van der Waals surface area contributed by atoms with E-state index in [4.69, 9.17) is 10.2 Å². The molecule has 0 heterocycles. The van der Waals surface area contributed by atoms with Gasteiger partial charge in [-0.15, -0.1) is 0 Å². The summed E-state index contributed by atoms with van der Waals surface area (Å²) in [5.74, 6) is 0. The van der Waals surface area contributed by atoms with Crippen LogP contribution in [0, 0.1) is 0 Å². The highest BCUT2D eigenvalue weighted by atomic mass is 16.7. The molecular formula is C6H14O4. The molecule has 2 N–H and O–H groups in total. The van der Waals surface area contributed by atoms with Crippen molar-refractivity contribution >= 4 is 6.16 Å². The molecule has 0 unspecified atom stereocenters. The van der Waals surface area contributed by atoms with Crippen molar-refractivity contribution < 1.29 is 19.7 Å². The molecule has 4 nitrogen and oxygen atoms in total. The molecule has 0 aliphatic rings. The zero-order valence-corrected chi connectivity index (χ0v) is 6.50. The van der Waals surface area contributed by atoms with Gasteiger partial charge in [-0.2, -0.15) is 0 Å². The maximum atomic E-state index is 9.38. The average Bonchev–Trinajstić information content (AvgIpc) is 1.62. The predicted molar refractivity (Wildman–Crippen MR) is 37.0 cm³/mol. The lowest BCUT2D eigenvalue weighted by atomic mass is 10.5.